The molecule has 4 rings (SSSR count). The zero-order valence-electron chi connectivity index (χ0n) is 20.8. The quantitative estimate of drug-likeness (QED) is 0.600. The van der Waals surface area contributed by atoms with E-state index >= 15 is 0 Å². The Kier molecular flexibility index (Phi) is 8.02. The van der Waals surface area contributed by atoms with Gasteiger partial charge in [0.05, 0.1) is 31.0 Å². The predicted molar refractivity (Wildman–Crippen MR) is 137 cm³/mol. The van der Waals surface area contributed by atoms with Gasteiger partial charge in [-0.1, -0.05) is 32.9 Å². The number of morpholine rings is 1. The number of hydrogen-bond donors (Lipinski definition) is 2. The van der Waals surface area contributed by atoms with Gasteiger partial charge in [-0.05, 0) is 43.4 Å². The molecule has 2 fully saturated rings. The number of carbonyl (C=O) groups is 2. The van der Waals surface area contributed by atoms with Crippen LogP contribution in [0.1, 0.15) is 57.7 Å². The van der Waals surface area contributed by atoms with Crippen molar-refractivity contribution in [3.8, 4) is 5.69 Å². The molecule has 2 heterocycles. The molecule has 9 heteroatoms. The molecule has 1 saturated heterocycles. The van der Waals surface area contributed by atoms with Crippen LogP contribution in [-0.2, 0) is 21.4 Å². The van der Waals surface area contributed by atoms with Gasteiger partial charge in [0.15, 0.2) is 0 Å². The molecule has 1 aliphatic carbocycles. The molecule has 0 radical (unpaired) electrons. The number of aromatic nitrogens is 2. The van der Waals surface area contributed by atoms with Crippen molar-refractivity contribution in [3.63, 3.8) is 0 Å². The number of alkyl halides is 1. The van der Waals surface area contributed by atoms with Crippen LogP contribution in [0.25, 0.3) is 5.69 Å². The third kappa shape index (κ3) is 6.76. The lowest BCUT2D eigenvalue weighted by molar-refractivity contribution is -0.134. The maximum Gasteiger partial charge on any atom is 0.320 e. The smallest absolute Gasteiger partial charge is 0.320 e. The molecule has 190 valence electrons. The van der Waals surface area contributed by atoms with Crippen LogP contribution >= 0.6 is 11.6 Å². The van der Waals surface area contributed by atoms with Crippen molar-refractivity contribution in [2.24, 2.45) is 0 Å². The molecule has 3 amide bonds. The van der Waals surface area contributed by atoms with Crippen LogP contribution in [0.15, 0.2) is 30.3 Å². The second-order valence-corrected chi connectivity index (χ2v) is 11.1. The van der Waals surface area contributed by atoms with Crippen LogP contribution in [0.5, 0.6) is 0 Å². The van der Waals surface area contributed by atoms with Crippen molar-refractivity contribution >= 4 is 29.4 Å². The SMILES string of the molecule is CC(C)(C)c1cc(NC(=O)NC2CCC(Cl)CC2)n(-c2cccc(CC(=O)N3CCOCC3)c2)n1. The van der Waals surface area contributed by atoms with Gasteiger partial charge in [0.25, 0.3) is 0 Å². The third-order valence-corrected chi connectivity index (χ3v) is 7.02. The molecule has 0 spiro atoms. The molecule has 0 unspecified atom stereocenters. The Morgan fingerprint density at radius 3 is 2.51 bits per heavy atom. The number of nitrogens with zero attached hydrogens (tertiary/aromatic N) is 3. The second-order valence-electron chi connectivity index (χ2n) is 10.5. The highest BCUT2D eigenvalue weighted by atomic mass is 35.5. The number of amides is 3. The molecule has 2 aliphatic rings. The van der Waals surface area contributed by atoms with E-state index in [1.54, 1.807) is 4.68 Å². The largest absolute Gasteiger partial charge is 0.378 e. The lowest BCUT2D eigenvalue weighted by Gasteiger charge is -2.27. The first-order chi connectivity index (χ1) is 16.7. The van der Waals surface area contributed by atoms with E-state index in [4.69, 9.17) is 21.4 Å². The van der Waals surface area contributed by atoms with E-state index in [-0.39, 0.29) is 28.8 Å². The highest BCUT2D eigenvalue weighted by molar-refractivity contribution is 6.20. The Morgan fingerprint density at radius 1 is 1.11 bits per heavy atom. The van der Waals surface area contributed by atoms with Gasteiger partial charge >= 0.3 is 6.03 Å². The first-order valence-corrected chi connectivity index (χ1v) is 12.9. The standard InChI is InChI=1S/C26H36ClN5O3/c1-26(2,3)22-17-23(29-25(34)28-20-9-7-19(27)8-10-20)32(30-22)21-6-4-5-18(15-21)16-24(33)31-11-13-35-14-12-31/h4-6,15,17,19-20H,7-14,16H2,1-3H3,(H2,28,29,34). The summed E-state index contributed by atoms with van der Waals surface area (Å²) in [5, 5.41) is 11.1. The first-order valence-electron chi connectivity index (χ1n) is 12.5. The Balaban J connectivity index is 1.52. The van der Waals surface area contributed by atoms with Crippen LogP contribution in [0.4, 0.5) is 10.6 Å². The maximum absolute atomic E-state index is 12.8. The number of halogens is 1. The summed E-state index contributed by atoms with van der Waals surface area (Å²) in [7, 11) is 0. The second kappa shape index (κ2) is 11.0. The predicted octanol–water partition coefficient (Wildman–Crippen LogP) is 4.24. The van der Waals surface area contributed by atoms with Gasteiger partial charge in [0.1, 0.15) is 5.82 Å². The summed E-state index contributed by atoms with van der Waals surface area (Å²) >= 11 is 6.20. The Labute approximate surface area is 212 Å². The molecule has 8 nitrogen and oxygen atoms in total. The van der Waals surface area contributed by atoms with Crippen molar-refractivity contribution < 1.29 is 14.3 Å². The van der Waals surface area contributed by atoms with Gasteiger partial charge in [-0.3, -0.25) is 10.1 Å². The fraction of sp³-hybridized carbons (Fsp3) is 0.577. The van der Waals surface area contributed by atoms with Crippen molar-refractivity contribution in [1.82, 2.24) is 20.0 Å². The third-order valence-electron chi connectivity index (χ3n) is 6.59. The van der Waals surface area contributed by atoms with E-state index < -0.39 is 0 Å². The molecule has 35 heavy (non-hydrogen) atoms. The number of carbonyl (C=O) groups excluding carboxylic acids is 2. The van der Waals surface area contributed by atoms with Crippen LogP contribution < -0.4 is 10.6 Å². The van der Waals surface area contributed by atoms with E-state index in [9.17, 15) is 9.59 Å². The average molecular weight is 502 g/mol. The van der Waals surface area contributed by atoms with E-state index in [2.05, 4.69) is 31.4 Å². The molecular weight excluding hydrogens is 466 g/mol. The highest BCUT2D eigenvalue weighted by Crippen LogP contribution is 2.27. The summed E-state index contributed by atoms with van der Waals surface area (Å²) in [6.07, 6.45) is 3.90. The minimum Gasteiger partial charge on any atom is -0.378 e. The molecule has 1 aliphatic heterocycles. The number of ether oxygens (including phenoxy) is 1. The molecule has 1 saturated carbocycles. The number of nitrogens with one attached hydrogen (secondary N) is 2. The topological polar surface area (TPSA) is 88.5 Å². The molecule has 2 N–H and O–H groups in total. The maximum atomic E-state index is 12.8. The minimum absolute atomic E-state index is 0.0886. The van der Waals surface area contributed by atoms with Gasteiger partial charge < -0.3 is 15.0 Å². The van der Waals surface area contributed by atoms with E-state index in [0.717, 1.165) is 42.6 Å². The molecule has 2 aromatic rings. The van der Waals surface area contributed by atoms with Crippen LogP contribution in [0.2, 0.25) is 0 Å². The monoisotopic (exact) mass is 501 g/mol. The molecule has 1 aromatic carbocycles. The average Bonchev–Trinajstić information content (AvgIpc) is 3.25. The fourth-order valence-electron chi connectivity index (χ4n) is 4.47. The fourth-order valence-corrected chi connectivity index (χ4v) is 4.72. The zero-order valence-corrected chi connectivity index (χ0v) is 21.6. The van der Waals surface area contributed by atoms with Gasteiger partial charge in [-0.25, -0.2) is 9.48 Å². The van der Waals surface area contributed by atoms with E-state index in [1.807, 2.05) is 35.2 Å². The number of benzene rings is 1. The summed E-state index contributed by atoms with van der Waals surface area (Å²) in [4.78, 5) is 27.4. The lowest BCUT2D eigenvalue weighted by Crippen LogP contribution is -2.41. The summed E-state index contributed by atoms with van der Waals surface area (Å²) in [5.74, 6) is 0.681. The van der Waals surface area contributed by atoms with Gasteiger partial charge in [0, 0.05) is 36.0 Å². The summed E-state index contributed by atoms with van der Waals surface area (Å²) in [5.41, 5.74) is 2.37. The van der Waals surface area contributed by atoms with Crippen molar-refractivity contribution in [1.29, 1.82) is 0 Å². The van der Waals surface area contributed by atoms with Crippen molar-refractivity contribution in [2.45, 2.75) is 69.7 Å². The molecule has 0 atom stereocenters. The number of hydrogen-bond acceptors (Lipinski definition) is 4. The molecule has 1 aromatic heterocycles. The minimum atomic E-state index is -0.247. The lowest BCUT2D eigenvalue weighted by atomic mass is 9.92. The van der Waals surface area contributed by atoms with Crippen LogP contribution in [-0.4, -0.2) is 64.3 Å². The number of urea groups is 1. The van der Waals surface area contributed by atoms with Crippen molar-refractivity contribution in [2.75, 3.05) is 31.6 Å². The zero-order chi connectivity index (χ0) is 25.0. The van der Waals surface area contributed by atoms with E-state index in [0.29, 0.717) is 38.5 Å². The molecular formula is C26H36ClN5O3. The molecule has 0 bridgehead atoms. The van der Waals surface area contributed by atoms with E-state index in [1.165, 1.54) is 0 Å². The summed E-state index contributed by atoms with van der Waals surface area (Å²) in [6, 6.07) is 9.56. The Bertz CT molecular complexity index is 1030. The summed E-state index contributed by atoms with van der Waals surface area (Å²) in [6.45, 7) is 8.69. The number of anilines is 1. The normalized spacial score (nSPS) is 21.0. The Hall–Kier alpha value is -2.58. The van der Waals surface area contributed by atoms with Gasteiger partial charge in [-0.15, -0.1) is 11.6 Å². The Morgan fingerprint density at radius 2 is 1.83 bits per heavy atom. The van der Waals surface area contributed by atoms with Gasteiger partial charge in [0.2, 0.25) is 5.91 Å². The first kappa shape index (κ1) is 25.5. The number of rotatable bonds is 5. The summed E-state index contributed by atoms with van der Waals surface area (Å²) < 4.78 is 7.10. The van der Waals surface area contributed by atoms with Gasteiger partial charge in [-0.2, -0.15) is 5.10 Å². The van der Waals surface area contributed by atoms with Crippen LogP contribution in [0.3, 0.4) is 0 Å². The highest BCUT2D eigenvalue weighted by Gasteiger charge is 2.24. The van der Waals surface area contributed by atoms with Crippen LogP contribution in [0, 0.1) is 0 Å². The van der Waals surface area contributed by atoms with Crippen molar-refractivity contribution in [3.05, 3.63) is 41.6 Å².